The Labute approximate surface area is 177 Å². The number of rotatable bonds is 6. The van der Waals surface area contributed by atoms with Gasteiger partial charge in [0.25, 0.3) is 0 Å². The lowest BCUT2D eigenvalue weighted by atomic mass is 9.94. The molecule has 5 unspecified atom stereocenters. The van der Waals surface area contributed by atoms with Crippen LogP contribution in [0, 0.1) is 0 Å². The van der Waals surface area contributed by atoms with Crippen molar-refractivity contribution in [1.82, 2.24) is 0 Å². The van der Waals surface area contributed by atoms with E-state index in [2.05, 4.69) is 0 Å². The predicted octanol–water partition coefficient (Wildman–Crippen LogP) is -3.81. The zero-order valence-corrected chi connectivity index (χ0v) is 17.2. The summed E-state index contributed by atoms with van der Waals surface area (Å²) in [6, 6.07) is 0. The highest BCUT2D eigenvalue weighted by atomic mass is 16.8. The van der Waals surface area contributed by atoms with Gasteiger partial charge in [-0.25, -0.2) is 0 Å². The Morgan fingerprint density at radius 3 is 2.26 bits per heavy atom. The Balaban J connectivity index is 1.77. The topological polar surface area (TPSA) is 191 Å². The van der Waals surface area contributed by atoms with Crippen LogP contribution in [0.3, 0.4) is 0 Å². The number of aliphatic hydroxyl groups is 5. The molecule has 0 amide bonds. The summed E-state index contributed by atoms with van der Waals surface area (Å²) in [5, 5.41) is 50.8. The van der Waals surface area contributed by atoms with Gasteiger partial charge in [0.05, 0.1) is 6.61 Å². The van der Waals surface area contributed by atoms with Crippen LogP contribution in [0.1, 0.15) is 13.8 Å². The van der Waals surface area contributed by atoms with Gasteiger partial charge in [-0.2, -0.15) is 0 Å². The number of ketones is 2. The molecule has 11 atom stereocenters. The number of ether oxygens (including phenoxy) is 6. The zero-order valence-electron chi connectivity index (χ0n) is 17.2. The van der Waals surface area contributed by atoms with Gasteiger partial charge in [0.15, 0.2) is 30.3 Å². The van der Waals surface area contributed by atoms with Gasteiger partial charge in [-0.05, 0) is 6.92 Å². The third kappa shape index (κ3) is 4.54. The Morgan fingerprint density at radius 2 is 1.68 bits per heavy atom. The fraction of sp³-hybridized carbons (Fsp3) is 0.889. The minimum atomic E-state index is -1.72. The predicted molar refractivity (Wildman–Crippen MR) is 95.2 cm³/mol. The van der Waals surface area contributed by atoms with Crippen LogP contribution in [0.15, 0.2) is 0 Å². The molecule has 13 heteroatoms. The number of aliphatic hydroxyl groups excluding tert-OH is 5. The molecule has 0 bridgehead atoms. The molecule has 0 aliphatic carbocycles. The Morgan fingerprint density at radius 1 is 1.03 bits per heavy atom. The number of Topliss-reactive ketones (excluding diaryl/α,β-unsaturated/α-hetero) is 2. The van der Waals surface area contributed by atoms with Gasteiger partial charge in [0.2, 0.25) is 5.79 Å². The third-order valence-corrected chi connectivity index (χ3v) is 5.71. The fourth-order valence-corrected chi connectivity index (χ4v) is 3.70. The van der Waals surface area contributed by atoms with E-state index in [0.29, 0.717) is 0 Å². The van der Waals surface area contributed by atoms with Gasteiger partial charge >= 0.3 is 0 Å². The summed E-state index contributed by atoms with van der Waals surface area (Å²) in [5.41, 5.74) is 0. The normalized spacial score (nSPS) is 48.1. The second kappa shape index (κ2) is 9.41. The van der Waals surface area contributed by atoms with Crippen LogP contribution in [0.4, 0.5) is 0 Å². The van der Waals surface area contributed by atoms with Crippen LogP contribution >= 0.6 is 0 Å². The highest BCUT2D eigenvalue weighted by molar-refractivity contribution is 5.85. The molecule has 3 aliphatic rings. The van der Waals surface area contributed by atoms with Gasteiger partial charge in [-0.1, -0.05) is 0 Å². The number of fused-ring (bicyclic) bond motifs is 1. The maximum absolute atomic E-state index is 12.1. The summed E-state index contributed by atoms with van der Waals surface area (Å²) >= 11 is 0. The van der Waals surface area contributed by atoms with Crippen molar-refractivity contribution < 1.29 is 63.5 Å². The molecule has 0 aromatic carbocycles. The van der Waals surface area contributed by atoms with Gasteiger partial charge < -0.3 is 54.0 Å². The van der Waals surface area contributed by atoms with Crippen LogP contribution in [0.25, 0.3) is 0 Å². The molecule has 0 saturated carbocycles. The van der Waals surface area contributed by atoms with E-state index in [1.807, 2.05) is 0 Å². The van der Waals surface area contributed by atoms with E-state index in [9.17, 15) is 35.1 Å². The highest BCUT2D eigenvalue weighted by Crippen LogP contribution is 2.35. The summed E-state index contributed by atoms with van der Waals surface area (Å²) in [4.78, 5) is 23.9. The van der Waals surface area contributed by atoms with Crippen molar-refractivity contribution in [2.24, 2.45) is 0 Å². The summed E-state index contributed by atoms with van der Waals surface area (Å²) < 4.78 is 32.2. The van der Waals surface area contributed by atoms with E-state index in [1.165, 1.54) is 21.0 Å². The zero-order chi connectivity index (χ0) is 23.1. The number of carbonyl (C=O) groups excluding carboxylic acids is 2. The lowest BCUT2D eigenvalue weighted by Crippen LogP contribution is -2.68. The second-order valence-electron chi connectivity index (χ2n) is 7.79. The summed E-state index contributed by atoms with van der Waals surface area (Å²) in [6.45, 7) is 1.50. The fourth-order valence-electron chi connectivity index (χ4n) is 3.70. The monoisotopic (exact) mass is 452 g/mol. The SMILES string of the molecule is CO[C@@H]1OC(C(=O)CO)[C@H](O[C@@H]2OC3COC(C)(C(C)=O)O[C@H]3[C@@H](O)C2O)[C@@H](O)C1O. The molecule has 0 aromatic heterocycles. The molecule has 3 heterocycles. The molecule has 0 spiro atoms. The first-order valence-electron chi connectivity index (χ1n) is 9.72. The molecular formula is C18H28O13. The Bertz CT molecular complexity index is 671. The average Bonchev–Trinajstić information content (AvgIpc) is 2.75. The van der Waals surface area contributed by atoms with Gasteiger partial charge in [-0.15, -0.1) is 0 Å². The maximum atomic E-state index is 12.1. The largest absolute Gasteiger partial charge is 0.388 e. The maximum Gasteiger partial charge on any atom is 0.226 e. The van der Waals surface area contributed by atoms with Crippen molar-refractivity contribution in [2.45, 2.75) is 81.0 Å². The van der Waals surface area contributed by atoms with Crippen LogP contribution in [0.2, 0.25) is 0 Å². The lowest BCUT2D eigenvalue weighted by molar-refractivity contribution is -0.391. The lowest BCUT2D eigenvalue weighted by Gasteiger charge is -2.50. The van der Waals surface area contributed by atoms with E-state index in [0.717, 1.165) is 0 Å². The molecule has 178 valence electrons. The molecule has 3 fully saturated rings. The van der Waals surface area contributed by atoms with Gasteiger partial charge in [0.1, 0.15) is 49.3 Å². The standard InChI is InChI=1S/C18H28O13/c1-6(20)18(2)27-5-8-14(31-18)9(22)12(25)17(28-8)30-15-10(23)11(24)16(26-3)29-13(15)7(21)4-19/h8-17,19,22-25H,4-5H2,1-3H3/t8?,9-,10-,11?,12?,13?,14+,15+,16+,17-,18?/m0/s1. The number of carbonyl (C=O) groups is 2. The summed E-state index contributed by atoms with van der Waals surface area (Å²) in [7, 11) is 1.19. The number of hydrogen-bond donors (Lipinski definition) is 5. The first-order chi connectivity index (χ1) is 14.5. The molecule has 3 saturated heterocycles. The quantitative estimate of drug-likeness (QED) is 0.264. The Hall–Kier alpha value is -1.10. The van der Waals surface area contributed by atoms with E-state index in [1.54, 1.807) is 0 Å². The van der Waals surface area contributed by atoms with Crippen molar-refractivity contribution >= 4 is 11.6 Å². The smallest absolute Gasteiger partial charge is 0.226 e. The van der Waals surface area contributed by atoms with E-state index in [4.69, 9.17) is 28.4 Å². The van der Waals surface area contributed by atoms with Gasteiger partial charge in [0, 0.05) is 14.0 Å². The average molecular weight is 452 g/mol. The van der Waals surface area contributed by atoms with E-state index in [-0.39, 0.29) is 6.61 Å². The van der Waals surface area contributed by atoms with Crippen molar-refractivity contribution in [3.8, 4) is 0 Å². The van der Waals surface area contributed by atoms with E-state index < -0.39 is 85.4 Å². The van der Waals surface area contributed by atoms with Crippen molar-refractivity contribution in [3.05, 3.63) is 0 Å². The first-order valence-corrected chi connectivity index (χ1v) is 9.72. The highest BCUT2D eigenvalue weighted by Gasteiger charge is 2.56. The van der Waals surface area contributed by atoms with Crippen LogP contribution in [-0.2, 0) is 38.0 Å². The number of hydrogen-bond acceptors (Lipinski definition) is 13. The number of methoxy groups -OCH3 is 1. The third-order valence-electron chi connectivity index (χ3n) is 5.71. The van der Waals surface area contributed by atoms with Crippen LogP contribution < -0.4 is 0 Å². The van der Waals surface area contributed by atoms with Crippen molar-refractivity contribution in [2.75, 3.05) is 20.3 Å². The molecule has 31 heavy (non-hydrogen) atoms. The molecule has 5 N–H and O–H groups in total. The molecule has 3 rings (SSSR count). The van der Waals surface area contributed by atoms with Gasteiger partial charge in [-0.3, -0.25) is 9.59 Å². The minimum Gasteiger partial charge on any atom is -0.388 e. The van der Waals surface area contributed by atoms with Crippen LogP contribution in [-0.4, -0.2) is 125 Å². The first kappa shape index (κ1) is 24.5. The Kier molecular flexibility index (Phi) is 7.45. The molecule has 3 aliphatic heterocycles. The minimum absolute atomic E-state index is 0.179. The van der Waals surface area contributed by atoms with E-state index >= 15 is 0 Å². The van der Waals surface area contributed by atoms with Crippen LogP contribution in [0.5, 0.6) is 0 Å². The second-order valence-corrected chi connectivity index (χ2v) is 7.79. The molecule has 13 nitrogen and oxygen atoms in total. The molecular weight excluding hydrogens is 424 g/mol. The van der Waals surface area contributed by atoms with Crippen molar-refractivity contribution in [1.29, 1.82) is 0 Å². The summed E-state index contributed by atoms with van der Waals surface area (Å²) in [5.74, 6) is -2.94. The van der Waals surface area contributed by atoms with Crippen molar-refractivity contribution in [3.63, 3.8) is 0 Å². The summed E-state index contributed by atoms with van der Waals surface area (Å²) in [6.07, 6.45) is -14.8. The molecule has 0 aromatic rings. The molecule has 0 radical (unpaired) electrons.